The fourth-order valence-corrected chi connectivity index (χ4v) is 4.71. The minimum atomic E-state index is -3.06. The third-order valence-corrected chi connectivity index (χ3v) is 6.58. The molecule has 1 fully saturated rings. The predicted molar refractivity (Wildman–Crippen MR) is 126 cm³/mol. The summed E-state index contributed by atoms with van der Waals surface area (Å²) in [5, 5.41) is 10.7. The molecule has 2 N–H and O–H groups in total. The molecular weight excluding hydrogens is 503 g/mol. The molecule has 10 heteroatoms. The molecule has 160 valence electrons. The van der Waals surface area contributed by atoms with Crippen LogP contribution in [0.4, 0.5) is 0 Å². The standard InChI is InChI=1S/C19H28N6O2S.HI/c1-2-20-19(21-10-13-25-12-6-14-28(25,26)27)22-15-17-7-3-4-8-18(17)16-24-11-5-9-23-24;/h3-5,7-9,11H,2,6,10,12-16H2,1H3,(H2,20,21,22);1H. The van der Waals surface area contributed by atoms with Crippen molar-refractivity contribution in [1.29, 1.82) is 0 Å². The molecule has 1 aromatic carbocycles. The van der Waals surface area contributed by atoms with Crippen molar-refractivity contribution in [3.8, 4) is 0 Å². The highest BCUT2D eigenvalue weighted by atomic mass is 127. The molecule has 0 aliphatic carbocycles. The van der Waals surface area contributed by atoms with Crippen LogP contribution in [0.3, 0.4) is 0 Å². The maximum atomic E-state index is 11.9. The van der Waals surface area contributed by atoms with Crippen LogP contribution < -0.4 is 10.6 Å². The summed E-state index contributed by atoms with van der Waals surface area (Å²) in [5.41, 5.74) is 2.31. The molecule has 0 bridgehead atoms. The molecule has 2 aromatic rings. The fourth-order valence-electron chi connectivity index (χ4n) is 3.18. The Bertz CT molecular complexity index is 886. The molecule has 1 aliphatic rings. The van der Waals surface area contributed by atoms with Crippen LogP contribution in [0.5, 0.6) is 0 Å². The molecule has 3 rings (SSSR count). The zero-order valence-corrected chi connectivity index (χ0v) is 19.8. The van der Waals surface area contributed by atoms with Crippen molar-refractivity contribution in [3.63, 3.8) is 0 Å². The summed E-state index contributed by atoms with van der Waals surface area (Å²) in [6.07, 6.45) is 4.43. The highest BCUT2D eigenvalue weighted by Crippen LogP contribution is 2.13. The van der Waals surface area contributed by atoms with Gasteiger partial charge in [0.15, 0.2) is 5.96 Å². The average molecular weight is 532 g/mol. The lowest BCUT2D eigenvalue weighted by Gasteiger charge is -2.16. The molecule has 1 saturated heterocycles. The topological polar surface area (TPSA) is 91.6 Å². The summed E-state index contributed by atoms with van der Waals surface area (Å²) in [4.78, 5) is 4.67. The van der Waals surface area contributed by atoms with Crippen LogP contribution in [0.1, 0.15) is 24.5 Å². The number of rotatable bonds is 8. The lowest BCUT2D eigenvalue weighted by Crippen LogP contribution is -2.42. The van der Waals surface area contributed by atoms with Crippen LogP contribution in [-0.2, 0) is 23.1 Å². The molecule has 2 heterocycles. The van der Waals surface area contributed by atoms with E-state index in [4.69, 9.17) is 0 Å². The monoisotopic (exact) mass is 532 g/mol. The number of nitrogens with one attached hydrogen (secondary N) is 2. The average Bonchev–Trinajstić information content (AvgIpc) is 3.30. The van der Waals surface area contributed by atoms with E-state index in [0.29, 0.717) is 45.1 Å². The number of guanidine groups is 1. The van der Waals surface area contributed by atoms with Gasteiger partial charge in [0.05, 0.1) is 18.8 Å². The number of nitrogens with zero attached hydrogens (tertiary/aromatic N) is 4. The first-order valence-electron chi connectivity index (χ1n) is 9.62. The van der Waals surface area contributed by atoms with Crippen molar-refractivity contribution in [2.45, 2.75) is 26.4 Å². The predicted octanol–water partition coefficient (Wildman–Crippen LogP) is 1.64. The summed E-state index contributed by atoms with van der Waals surface area (Å²) in [6.45, 7) is 5.59. The number of hydrogen-bond donors (Lipinski definition) is 2. The van der Waals surface area contributed by atoms with Gasteiger partial charge in [0.1, 0.15) is 0 Å². The highest BCUT2D eigenvalue weighted by Gasteiger charge is 2.27. The van der Waals surface area contributed by atoms with Gasteiger partial charge >= 0.3 is 0 Å². The van der Waals surface area contributed by atoms with Crippen molar-refractivity contribution < 1.29 is 8.42 Å². The van der Waals surface area contributed by atoms with Crippen molar-refractivity contribution in [2.75, 3.05) is 31.9 Å². The first kappa shape index (κ1) is 23.6. The molecule has 0 atom stereocenters. The van der Waals surface area contributed by atoms with E-state index in [-0.39, 0.29) is 29.7 Å². The largest absolute Gasteiger partial charge is 0.357 e. The molecule has 1 aliphatic heterocycles. The van der Waals surface area contributed by atoms with E-state index in [2.05, 4.69) is 32.9 Å². The maximum Gasteiger partial charge on any atom is 0.214 e. The zero-order chi connectivity index (χ0) is 19.8. The van der Waals surface area contributed by atoms with Crippen molar-refractivity contribution in [2.24, 2.45) is 4.99 Å². The Hall–Kier alpha value is -1.66. The maximum absolute atomic E-state index is 11.9. The van der Waals surface area contributed by atoms with E-state index >= 15 is 0 Å². The molecule has 0 amide bonds. The van der Waals surface area contributed by atoms with Crippen LogP contribution >= 0.6 is 24.0 Å². The SMILES string of the molecule is CCNC(=NCc1ccccc1Cn1cccn1)NCCN1CCCS1(=O)=O.I. The Morgan fingerprint density at radius 1 is 1.21 bits per heavy atom. The number of aliphatic imine (C=N–C) groups is 1. The minimum Gasteiger partial charge on any atom is -0.357 e. The Morgan fingerprint density at radius 2 is 2.00 bits per heavy atom. The Kier molecular flexibility index (Phi) is 9.37. The van der Waals surface area contributed by atoms with Crippen LogP contribution in [0, 0.1) is 0 Å². The summed E-state index contributed by atoms with van der Waals surface area (Å²) in [7, 11) is -3.06. The molecule has 0 unspecified atom stereocenters. The summed E-state index contributed by atoms with van der Waals surface area (Å²) in [5.74, 6) is 0.946. The van der Waals surface area contributed by atoms with E-state index < -0.39 is 10.0 Å². The van der Waals surface area contributed by atoms with E-state index in [1.807, 2.05) is 36.0 Å². The molecule has 0 spiro atoms. The van der Waals surface area contributed by atoms with E-state index in [0.717, 1.165) is 12.1 Å². The van der Waals surface area contributed by atoms with Crippen LogP contribution in [-0.4, -0.2) is 60.4 Å². The van der Waals surface area contributed by atoms with Crippen molar-refractivity contribution in [3.05, 3.63) is 53.9 Å². The van der Waals surface area contributed by atoms with Gasteiger partial charge in [-0.15, -0.1) is 24.0 Å². The second kappa shape index (κ2) is 11.5. The third kappa shape index (κ3) is 6.96. The van der Waals surface area contributed by atoms with Gasteiger partial charge < -0.3 is 10.6 Å². The quantitative estimate of drug-likeness (QED) is 0.307. The smallest absolute Gasteiger partial charge is 0.214 e. The van der Waals surface area contributed by atoms with Crippen molar-refractivity contribution in [1.82, 2.24) is 24.7 Å². The van der Waals surface area contributed by atoms with E-state index in [9.17, 15) is 8.42 Å². The minimum absolute atomic E-state index is 0. The third-order valence-electron chi connectivity index (χ3n) is 4.62. The molecule has 0 saturated carbocycles. The van der Waals surface area contributed by atoms with E-state index in [1.165, 1.54) is 5.56 Å². The fraction of sp³-hybridized carbons (Fsp3) is 0.474. The van der Waals surface area contributed by atoms with Gasteiger partial charge in [0, 0.05) is 38.6 Å². The van der Waals surface area contributed by atoms with E-state index in [1.54, 1.807) is 10.5 Å². The number of aromatic nitrogens is 2. The van der Waals surface area contributed by atoms with Gasteiger partial charge in [-0.05, 0) is 30.5 Å². The number of benzene rings is 1. The summed E-state index contributed by atoms with van der Waals surface area (Å²) >= 11 is 0. The lowest BCUT2D eigenvalue weighted by atomic mass is 10.1. The van der Waals surface area contributed by atoms with Gasteiger partial charge in [0.2, 0.25) is 10.0 Å². The first-order valence-corrected chi connectivity index (χ1v) is 11.2. The Morgan fingerprint density at radius 3 is 2.66 bits per heavy atom. The molecular formula is C19H29IN6O2S. The molecule has 1 aromatic heterocycles. The van der Waals surface area contributed by atoms with Crippen molar-refractivity contribution >= 4 is 40.0 Å². The normalized spacial score (nSPS) is 16.4. The van der Waals surface area contributed by atoms with Gasteiger partial charge in [-0.3, -0.25) is 4.68 Å². The summed E-state index contributed by atoms with van der Waals surface area (Å²) in [6, 6.07) is 10.1. The van der Waals surface area contributed by atoms with Gasteiger partial charge in [-0.25, -0.2) is 17.7 Å². The van der Waals surface area contributed by atoms with Crippen LogP contribution in [0.2, 0.25) is 0 Å². The second-order valence-corrected chi connectivity index (χ2v) is 8.75. The van der Waals surface area contributed by atoms with Gasteiger partial charge in [-0.1, -0.05) is 24.3 Å². The molecule has 29 heavy (non-hydrogen) atoms. The van der Waals surface area contributed by atoms with Gasteiger partial charge in [-0.2, -0.15) is 5.10 Å². The number of sulfonamides is 1. The first-order chi connectivity index (χ1) is 13.6. The zero-order valence-electron chi connectivity index (χ0n) is 16.6. The number of halogens is 1. The Labute approximate surface area is 189 Å². The van der Waals surface area contributed by atoms with Crippen LogP contribution in [0.15, 0.2) is 47.7 Å². The Balaban J connectivity index is 0.00000300. The van der Waals surface area contributed by atoms with Gasteiger partial charge in [0.25, 0.3) is 0 Å². The second-order valence-electron chi connectivity index (χ2n) is 6.66. The lowest BCUT2D eigenvalue weighted by molar-refractivity contribution is 0.445. The number of hydrogen-bond acceptors (Lipinski definition) is 4. The van der Waals surface area contributed by atoms with Crippen LogP contribution in [0.25, 0.3) is 0 Å². The molecule has 8 nitrogen and oxygen atoms in total. The summed E-state index contributed by atoms with van der Waals surface area (Å²) < 4.78 is 27.2. The molecule has 0 radical (unpaired) electrons. The highest BCUT2D eigenvalue weighted by molar-refractivity contribution is 14.0.